The lowest BCUT2D eigenvalue weighted by Crippen LogP contribution is -2.23. The van der Waals surface area contributed by atoms with E-state index in [-0.39, 0.29) is 17.3 Å². The fraction of sp³-hybridized carbons (Fsp3) is 0.125. The number of aromatic nitrogens is 2. The van der Waals surface area contributed by atoms with Crippen molar-refractivity contribution in [2.75, 3.05) is 7.11 Å². The number of nitrogens with zero attached hydrogens (tertiary/aromatic N) is 2. The zero-order valence-electron chi connectivity index (χ0n) is 13.1. The van der Waals surface area contributed by atoms with Crippen molar-refractivity contribution in [1.29, 1.82) is 0 Å². The quantitative estimate of drug-likeness (QED) is 0.654. The smallest absolute Gasteiger partial charge is 0.242 e. The van der Waals surface area contributed by atoms with Crippen LogP contribution in [0.25, 0.3) is 11.4 Å². The lowest BCUT2D eigenvalue weighted by Gasteiger charge is -2.04. The zero-order chi connectivity index (χ0) is 17.9. The summed E-state index contributed by atoms with van der Waals surface area (Å²) in [4.78, 5) is 4.35. The molecule has 0 saturated carbocycles. The number of nitrogens with one attached hydrogen (secondary N) is 1. The third kappa shape index (κ3) is 4.25. The summed E-state index contributed by atoms with van der Waals surface area (Å²) < 4.78 is 38.0. The van der Waals surface area contributed by atoms with Crippen LogP contribution in [0, 0.1) is 0 Å². The minimum absolute atomic E-state index is 0.102. The van der Waals surface area contributed by atoms with Gasteiger partial charge in [0.15, 0.2) is 0 Å². The van der Waals surface area contributed by atoms with Gasteiger partial charge in [0.25, 0.3) is 0 Å². The van der Waals surface area contributed by atoms with Gasteiger partial charge in [0.2, 0.25) is 21.7 Å². The second-order valence-electron chi connectivity index (χ2n) is 5.02. The topological polar surface area (TPSA) is 94.3 Å². The normalized spacial score (nSPS) is 11.4. The van der Waals surface area contributed by atoms with Gasteiger partial charge in [-0.3, -0.25) is 0 Å². The molecular formula is C16H14BrN3O4S. The summed E-state index contributed by atoms with van der Waals surface area (Å²) in [6, 6.07) is 13.5. The molecule has 0 aliphatic heterocycles. The summed E-state index contributed by atoms with van der Waals surface area (Å²) in [6.07, 6.45) is 0. The Hall–Kier alpha value is -2.23. The first-order valence-electron chi connectivity index (χ1n) is 7.20. The average molecular weight is 424 g/mol. The molecule has 0 bridgehead atoms. The van der Waals surface area contributed by atoms with Crippen molar-refractivity contribution in [2.24, 2.45) is 0 Å². The molecule has 0 atom stereocenters. The average Bonchev–Trinajstić information content (AvgIpc) is 3.10. The van der Waals surface area contributed by atoms with Crippen LogP contribution in [-0.2, 0) is 16.6 Å². The molecule has 0 saturated heterocycles. The maximum atomic E-state index is 12.2. The Bertz CT molecular complexity index is 971. The Morgan fingerprint density at radius 3 is 2.68 bits per heavy atom. The molecule has 0 fully saturated rings. The van der Waals surface area contributed by atoms with Crippen molar-refractivity contribution in [1.82, 2.24) is 14.9 Å². The summed E-state index contributed by atoms with van der Waals surface area (Å²) in [6.45, 7) is -0.102. The van der Waals surface area contributed by atoms with Crippen LogP contribution in [0.1, 0.15) is 5.89 Å². The van der Waals surface area contributed by atoms with E-state index in [0.29, 0.717) is 17.1 Å². The van der Waals surface area contributed by atoms with Crippen molar-refractivity contribution in [3.05, 3.63) is 58.9 Å². The molecular weight excluding hydrogens is 410 g/mol. The maximum Gasteiger partial charge on any atom is 0.242 e. The Morgan fingerprint density at radius 2 is 1.96 bits per heavy atom. The third-order valence-electron chi connectivity index (χ3n) is 3.33. The fourth-order valence-corrected chi connectivity index (χ4v) is 3.30. The molecule has 9 heteroatoms. The number of ether oxygens (including phenoxy) is 1. The second-order valence-corrected chi connectivity index (χ2v) is 7.70. The summed E-state index contributed by atoms with van der Waals surface area (Å²) in [7, 11) is -2.09. The molecule has 7 nitrogen and oxygen atoms in total. The van der Waals surface area contributed by atoms with Crippen LogP contribution in [-0.4, -0.2) is 25.7 Å². The maximum absolute atomic E-state index is 12.2. The van der Waals surface area contributed by atoms with Crippen LogP contribution in [0.2, 0.25) is 0 Å². The van der Waals surface area contributed by atoms with Gasteiger partial charge in [-0.15, -0.1) is 0 Å². The van der Waals surface area contributed by atoms with E-state index in [0.717, 1.165) is 4.47 Å². The molecule has 0 amide bonds. The van der Waals surface area contributed by atoms with Gasteiger partial charge in [-0.2, -0.15) is 4.98 Å². The van der Waals surface area contributed by atoms with E-state index in [4.69, 9.17) is 9.26 Å². The monoisotopic (exact) mass is 423 g/mol. The van der Waals surface area contributed by atoms with Gasteiger partial charge in [-0.25, -0.2) is 13.1 Å². The second kappa shape index (κ2) is 7.34. The highest BCUT2D eigenvalue weighted by atomic mass is 79.9. The third-order valence-corrected chi connectivity index (χ3v) is 5.28. The van der Waals surface area contributed by atoms with Gasteiger partial charge >= 0.3 is 0 Å². The summed E-state index contributed by atoms with van der Waals surface area (Å²) in [5, 5.41) is 3.86. The number of rotatable bonds is 6. The van der Waals surface area contributed by atoms with Crippen LogP contribution in [0.4, 0.5) is 0 Å². The molecule has 0 spiro atoms. The van der Waals surface area contributed by atoms with Crippen molar-refractivity contribution in [2.45, 2.75) is 11.4 Å². The Morgan fingerprint density at radius 1 is 1.20 bits per heavy atom. The van der Waals surface area contributed by atoms with E-state index in [1.54, 1.807) is 37.4 Å². The molecule has 3 aromatic rings. The molecule has 130 valence electrons. The first-order valence-corrected chi connectivity index (χ1v) is 9.48. The summed E-state index contributed by atoms with van der Waals surface area (Å²) in [5.74, 6) is 1.19. The van der Waals surface area contributed by atoms with E-state index >= 15 is 0 Å². The van der Waals surface area contributed by atoms with Crippen LogP contribution in [0.15, 0.2) is 62.4 Å². The predicted molar refractivity (Wildman–Crippen MR) is 94.5 cm³/mol. The van der Waals surface area contributed by atoms with Gasteiger partial charge in [0, 0.05) is 10.0 Å². The van der Waals surface area contributed by atoms with Crippen molar-refractivity contribution < 1.29 is 17.7 Å². The largest absolute Gasteiger partial charge is 0.497 e. The highest BCUT2D eigenvalue weighted by Crippen LogP contribution is 2.21. The molecule has 0 radical (unpaired) electrons. The summed E-state index contributed by atoms with van der Waals surface area (Å²) >= 11 is 3.27. The van der Waals surface area contributed by atoms with Crippen molar-refractivity contribution >= 4 is 26.0 Å². The molecule has 1 N–H and O–H groups in total. The molecule has 2 aromatic carbocycles. The van der Waals surface area contributed by atoms with Gasteiger partial charge in [-0.1, -0.05) is 33.2 Å². The van der Waals surface area contributed by atoms with E-state index in [2.05, 4.69) is 30.8 Å². The zero-order valence-corrected chi connectivity index (χ0v) is 15.5. The van der Waals surface area contributed by atoms with Crippen LogP contribution in [0.3, 0.4) is 0 Å². The molecule has 1 heterocycles. The molecule has 3 rings (SSSR count). The fourth-order valence-electron chi connectivity index (χ4n) is 2.06. The number of sulfonamides is 1. The van der Waals surface area contributed by atoms with E-state index < -0.39 is 10.0 Å². The Labute approximate surface area is 153 Å². The minimum atomic E-state index is -3.66. The van der Waals surface area contributed by atoms with Crippen LogP contribution >= 0.6 is 15.9 Å². The Balaban J connectivity index is 1.72. The first kappa shape index (κ1) is 17.6. The van der Waals surface area contributed by atoms with Gasteiger partial charge < -0.3 is 9.26 Å². The van der Waals surface area contributed by atoms with Crippen molar-refractivity contribution in [3.8, 4) is 17.1 Å². The number of hydrogen-bond acceptors (Lipinski definition) is 6. The predicted octanol–water partition coefficient (Wildman–Crippen LogP) is 2.99. The van der Waals surface area contributed by atoms with E-state index in [1.807, 2.05) is 6.07 Å². The van der Waals surface area contributed by atoms with Crippen LogP contribution < -0.4 is 9.46 Å². The SMILES string of the molecule is COc1cccc(-c2noc(CNS(=O)(=O)c3ccc(Br)cc3)n2)c1. The molecule has 25 heavy (non-hydrogen) atoms. The molecule has 0 unspecified atom stereocenters. The molecule has 0 aliphatic rings. The lowest BCUT2D eigenvalue weighted by molar-refractivity contribution is 0.376. The molecule has 0 aliphatic carbocycles. The Kier molecular flexibility index (Phi) is 5.16. The van der Waals surface area contributed by atoms with E-state index in [9.17, 15) is 8.42 Å². The van der Waals surface area contributed by atoms with Crippen LogP contribution in [0.5, 0.6) is 5.75 Å². The lowest BCUT2D eigenvalue weighted by atomic mass is 10.2. The highest BCUT2D eigenvalue weighted by Gasteiger charge is 2.16. The van der Waals surface area contributed by atoms with Gasteiger partial charge in [0.1, 0.15) is 5.75 Å². The first-order chi connectivity index (χ1) is 12.0. The number of benzene rings is 2. The van der Waals surface area contributed by atoms with Gasteiger partial charge in [-0.05, 0) is 36.4 Å². The summed E-state index contributed by atoms with van der Waals surface area (Å²) in [5.41, 5.74) is 0.713. The number of methoxy groups -OCH3 is 1. The standard InChI is InChI=1S/C16H14BrN3O4S/c1-23-13-4-2-3-11(9-13)16-19-15(24-20-16)10-18-25(21,22)14-7-5-12(17)6-8-14/h2-9,18H,10H2,1H3. The van der Waals surface area contributed by atoms with E-state index in [1.165, 1.54) is 12.1 Å². The molecule has 1 aromatic heterocycles. The highest BCUT2D eigenvalue weighted by molar-refractivity contribution is 9.10. The van der Waals surface area contributed by atoms with Gasteiger partial charge in [0.05, 0.1) is 18.6 Å². The minimum Gasteiger partial charge on any atom is -0.497 e. The number of hydrogen-bond donors (Lipinski definition) is 1. The van der Waals surface area contributed by atoms with Crippen molar-refractivity contribution in [3.63, 3.8) is 0 Å². The number of halogens is 1.